The number of anilines is 1. The largest absolute Gasteiger partial charge is 0.496 e. The second-order valence-electron chi connectivity index (χ2n) is 7.26. The number of methoxy groups -OCH3 is 2. The van der Waals surface area contributed by atoms with Crippen LogP contribution < -0.4 is 20.2 Å². The molecule has 0 unspecified atom stereocenters. The second-order valence-corrected chi connectivity index (χ2v) is 8.37. The summed E-state index contributed by atoms with van der Waals surface area (Å²) < 4.78 is 10.7. The number of carbonyl (C=O) groups is 2. The smallest absolute Gasteiger partial charge is 0.274 e. The quantitative estimate of drug-likeness (QED) is 0.404. The van der Waals surface area contributed by atoms with Gasteiger partial charge >= 0.3 is 0 Å². The number of amides is 2. The molecular weight excluding hydrogens is 402 g/mol. The van der Waals surface area contributed by atoms with Crippen LogP contribution in [-0.4, -0.2) is 31.7 Å². The zero-order valence-corrected chi connectivity index (χ0v) is 18.6. The van der Waals surface area contributed by atoms with E-state index in [0.717, 1.165) is 48.3 Å². The number of fused-ring (bicyclic) bond motifs is 1. The average molecular weight is 430 g/mol. The number of ether oxygens (including phenoxy) is 2. The SMILES string of the molecule is COc1cccc(OC)c1C(=O)Nc1sc2c(c1C(=O)NN=C(C)C)CCCCC2. The van der Waals surface area contributed by atoms with Crippen LogP contribution in [0.2, 0.25) is 0 Å². The van der Waals surface area contributed by atoms with Crippen molar-refractivity contribution in [3.8, 4) is 11.5 Å². The second kappa shape index (κ2) is 9.75. The third kappa shape index (κ3) is 4.64. The summed E-state index contributed by atoms with van der Waals surface area (Å²) in [7, 11) is 3.01. The minimum atomic E-state index is -0.384. The van der Waals surface area contributed by atoms with Crippen LogP contribution in [0.15, 0.2) is 23.3 Å². The molecular formula is C22H27N3O4S. The molecule has 0 bridgehead atoms. The summed E-state index contributed by atoms with van der Waals surface area (Å²) in [4.78, 5) is 27.3. The van der Waals surface area contributed by atoms with E-state index in [9.17, 15) is 9.59 Å². The van der Waals surface area contributed by atoms with Gasteiger partial charge in [0.25, 0.3) is 11.8 Å². The molecule has 8 heteroatoms. The summed E-state index contributed by atoms with van der Waals surface area (Å²) in [5, 5.41) is 7.52. The van der Waals surface area contributed by atoms with Crippen LogP contribution >= 0.6 is 11.3 Å². The Bertz CT molecular complexity index is 955. The zero-order chi connectivity index (χ0) is 21.7. The van der Waals surface area contributed by atoms with E-state index in [0.29, 0.717) is 27.6 Å². The van der Waals surface area contributed by atoms with Gasteiger partial charge in [-0.3, -0.25) is 9.59 Å². The predicted molar refractivity (Wildman–Crippen MR) is 119 cm³/mol. The molecule has 160 valence electrons. The molecule has 7 nitrogen and oxygen atoms in total. The van der Waals surface area contributed by atoms with Crippen LogP contribution in [0.1, 0.15) is 64.3 Å². The summed E-state index contributed by atoms with van der Waals surface area (Å²) in [6.45, 7) is 3.62. The van der Waals surface area contributed by atoms with Crippen LogP contribution in [0.25, 0.3) is 0 Å². The molecule has 0 saturated carbocycles. The molecule has 0 atom stereocenters. The number of thiophene rings is 1. The molecule has 2 aromatic rings. The monoisotopic (exact) mass is 429 g/mol. The van der Waals surface area contributed by atoms with Crippen molar-refractivity contribution in [1.29, 1.82) is 0 Å². The first kappa shape index (κ1) is 21.8. The lowest BCUT2D eigenvalue weighted by molar-refractivity contribution is 0.0955. The molecule has 1 aromatic heterocycles. The minimum Gasteiger partial charge on any atom is -0.496 e. The van der Waals surface area contributed by atoms with Gasteiger partial charge in [-0.25, -0.2) is 5.43 Å². The highest BCUT2D eigenvalue weighted by atomic mass is 32.1. The highest BCUT2D eigenvalue weighted by molar-refractivity contribution is 7.17. The number of nitrogens with zero attached hydrogens (tertiary/aromatic N) is 1. The number of benzene rings is 1. The van der Waals surface area contributed by atoms with Crippen molar-refractivity contribution in [2.75, 3.05) is 19.5 Å². The molecule has 0 radical (unpaired) electrons. The number of rotatable bonds is 6. The maximum absolute atomic E-state index is 13.2. The van der Waals surface area contributed by atoms with Gasteiger partial charge in [0.15, 0.2) is 0 Å². The lowest BCUT2D eigenvalue weighted by Crippen LogP contribution is -2.22. The number of carbonyl (C=O) groups excluding carboxylic acids is 2. The molecule has 0 aliphatic heterocycles. The summed E-state index contributed by atoms with van der Waals surface area (Å²) in [6.07, 6.45) is 4.96. The summed E-state index contributed by atoms with van der Waals surface area (Å²) in [5.74, 6) is 0.118. The Morgan fingerprint density at radius 3 is 2.27 bits per heavy atom. The Kier molecular flexibility index (Phi) is 7.10. The van der Waals surface area contributed by atoms with Crippen molar-refractivity contribution in [2.24, 2.45) is 5.10 Å². The van der Waals surface area contributed by atoms with Crippen molar-refractivity contribution in [1.82, 2.24) is 5.43 Å². The standard InChI is InChI=1S/C22H27N3O4S/c1-13(2)24-25-21(27)18-14-9-6-5-7-12-17(14)30-22(18)23-20(26)19-15(28-3)10-8-11-16(19)29-4/h8,10-11H,5-7,9,12H2,1-4H3,(H,23,26)(H,25,27). The molecule has 1 aliphatic rings. The summed E-state index contributed by atoms with van der Waals surface area (Å²) in [6, 6.07) is 5.16. The number of hydrazone groups is 1. The Morgan fingerprint density at radius 1 is 0.967 bits per heavy atom. The normalized spacial score (nSPS) is 12.9. The lowest BCUT2D eigenvalue weighted by atomic mass is 10.0. The Hall–Kier alpha value is -2.87. The fourth-order valence-corrected chi connectivity index (χ4v) is 4.81. The molecule has 3 rings (SSSR count). The van der Waals surface area contributed by atoms with Crippen molar-refractivity contribution < 1.29 is 19.1 Å². The van der Waals surface area contributed by atoms with Crippen LogP contribution in [0.4, 0.5) is 5.00 Å². The van der Waals surface area contributed by atoms with E-state index in [2.05, 4.69) is 15.8 Å². The summed E-state index contributed by atoms with van der Waals surface area (Å²) in [5.41, 5.74) is 5.16. The topological polar surface area (TPSA) is 89.0 Å². The van der Waals surface area contributed by atoms with E-state index in [1.807, 2.05) is 13.8 Å². The van der Waals surface area contributed by atoms with E-state index in [1.165, 1.54) is 25.6 Å². The van der Waals surface area contributed by atoms with Gasteiger partial charge in [-0.2, -0.15) is 5.10 Å². The van der Waals surface area contributed by atoms with Crippen LogP contribution in [-0.2, 0) is 12.8 Å². The molecule has 30 heavy (non-hydrogen) atoms. The third-order valence-corrected chi connectivity index (χ3v) is 6.12. The van der Waals surface area contributed by atoms with E-state index in [1.54, 1.807) is 18.2 Å². The average Bonchev–Trinajstić information content (AvgIpc) is 2.91. The fourth-order valence-electron chi connectivity index (χ4n) is 3.53. The van der Waals surface area contributed by atoms with Gasteiger partial charge in [0.2, 0.25) is 0 Å². The van der Waals surface area contributed by atoms with E-state index in [4.69, 9.17) is 9.47 Å². The zero-order valence-electron chi connectivity index (χ0n) is 17.8. The van der Waals surface area contributed by atoms with E-state index in [-0.39, 0.29) is 11.8 Å². The van der Waals surface area contributed by atoms with Crippen molar-refractivity contribution in [3.05, 3.63) is 39.8 Å². The third-order valence-electron chi connectivity index (χ3n) is 4.91. The van der Waals surface area contributed by atoms with Crippen molar-refractivity contribution in [3.63, 3.8) is 0 Å². The minimum absolute atomic E-state index is 0.292. The molecule has 0 spiro atoms. The Morgan fingerprint density at radius 2 is 1.63 bits per heavy atom. The van der Waals surface area contributed by atoms with Gasteiger partial charge in [-0.1, -0.05) is 12.5 Å². The number of aryl methyl sites for hydroxylation is 1. The molecule has 2 amide bonds. The van der Waals surface area contributed by atoms with Gasteiger partial charge in [0.05, 0.1) is 19.8 Å². The molecule has 2 N–H and O–H groups in total. The van der Waals surface area contributed by atoms with Crippen LogP contribution in [0, 0.1) is 0 Å². The molecule has 0 saturated heterocycles. The van der Waals surface area contributed by atoms with Gasteiger partial charge in [-0.15, -0.1) is 11.3 Å². The van der Waals surface area contributed by atoms with Crippen LogP contribution in [0.3, 0.4) is 0 Å². The van der Waals surface area contributed by atoms with E-state index < -0.39 is 0 Å². The maximum atomic E-state index is 13.2. The van der Waals surface area contributed by atoms with Gasteiger partial charge in [0, 0.05) is 10.6 Å². The molecule has 0 fully saturated rings. The maximum Gasteiger partial charge on any atom is 0.274 e. The number of hydrogen-bond donors (Lipinski definition) is 2. The molecule has 1 heterocycles. The highest BCUT2D eigenvalue weighted by Crippen LogP contribution is 2.38. The Balaban J connectivity index is 2.01. The van der Waals surface area contributed by atoms with Crippen molar-refractivity contribution >= 4 is 33.9 Å². The number of nitrogens with one attached hydrogen (secondary N) is 2. The van der Waals surface area contributed by atoms with E-state index >= 15 is 0 Å². The fraction of sp³-hybridized carbons (Fsp3) is 0.409. The van der Waals surface area contributed by atoms with Gasteiger partial charge < -0.3 is 14.8 Å². The molecule has 1 aromatic carbocycles. The van der Waals surface area contributed by atoms with Crippen LogP contribution in [0.5, 0.6) is 11.5 Å². The Labute approximate surface area is 180 Å². The van der Waals surface area contributed by atoms with Gasteiger partial charge in [-0.05, 0) is 57.2 Å². The van der Waals surface area contributed by atoms with Crippen molar-refractivity contribution in [2.45, 2.75) is 46.0 Å². The number of hydrogen-bond acceptors (Lipinski definition) is 6. The first-order valence-electron chi connectivity index (χ1n) is 9.94. The molecule has 1 aliphatic carbocycles. The lowest BCUT2D eigenvalue weighted by Gasteiger charge is -2.13. The predicted octanol–water partition coefficient (Wildman–Crippen LogP) is 4.41. The first-order valence-corrected chi connectivity index (χ1v) is 10.8. The first-order chi connectivity index (χ1) is 14.5. The summed E-state index contributed by atoms with van der Waals surface area (Å²) >= 11 is 1.46. The highest BCUT2D eigenvalue weighted by Gasteiger charge is 2.27. The van der Waals surface area contributed by atoms with Gasteiger partial charge in [0.1, 0.15) is 22.1 Å².